The summed E-state index contributed by atoms with van der Waals surface area (Å²) in [5, 5.41) is 5.13. The number of likely N-dealkylation sites (tertiary alicyclic amines) is 1. The van der Waals surface area contributed by atoms with E-state index in [9.17, 15) is 14.4 Å². The van der Waals surface area contributed by atoms with Crippen molar-refractivity contribution in [3.63, 3.8) is 0 Å². The number of piperidine rings is 1. The smallest absolute Gasteiger partial charge is 0.410 e. The molecule has 1 aliphatic heterocycles. The fraction of sp³-hybridized carbons (Fsp3) is 0.474. The number of primary amides is 1. The number of carbonyl (C=O) groups excluding carboxylic acids is 3. The Morgan fingerprint density at radius 2 is 2.00 bits per heavy atom. The summed E-state index contributed by atoms with van der Waals surface area (Å²) in [5.41, 5.74) is 6.38. The molecular formula is C19H25N5O4S. The molecule has 1 saturated heterocycles. The van der Waals surface area contributed by atoms with E-state index in [0.29, 0.717) is 42.5 Å². The van der Waals surface area contributed by atoms with Crippen molar-refractivity contribution in [2.75, 3.05) is 18.4 Å². The Labute approximate surface area is 172 Å². The van der Waals surface area contributed by atoms with Crippen molar-refractivity contribution in [1.29, 1.82) is 0 Å². The summed E-state index contributed by atoms with van der Waals surface area (Å²) in [6.45, 7) is 6.45. The zero-order valence-electron chi connectivity index (χ0n) is 16.7. The van der Waals surface area contributed by atoms with Gasteiger partial charge in [-0.3, -0.25) is 9.59 Å². The molecule has 0 spiro atoms. The van der Waals surface area contributed by atoms with Gasteiger partial charge >= 0.3 is 6.09 Å². The number of aromatic amines is 1. The fourth-order valence-corrected chi connectivity index (χ4v) is 3.73. The second-order valence-electron chi connectivity index (χ2n) is 7.94. The van der Waals surface area contributed by atoms with E-state index in [1.54, 1.807) is 22.5 Å². The van der Waals surface area contributed by atoms with Gasteiger partial charge in [0, 0.05) is 36.1 Å². The van der Waals surface area contributed by atoms with Gasteiger partial charge in [0.2, 0.25) is 5.91 Å². The average molecular weight is 420 g/mol. The summed E-state index contributed by atoms with van der Waals surface area (Å²) < 4.78 is 5.38. The quantitative estimate of drug-likeness (QED) is 0.701. The van der Waals surface area contributed by atoms with E-state index in [4.69, 9.17) is 10.5 Å². The second-order valence-corrected chi connectivity index (χ2v) is 8.79. The summed E-state index contributed by atoms with van der Waals surface area (Å²) in [6, 6.07) is 1.62. The Bertz CT molecular complexity index is 906. The molecule has 0 aromatic carbocycles. The van der Waals surface area contributed by atoms with Crippen LogP contribution in [0.3, 0.4) is 0 Å². The molecule has 3 rings (SSSR count). The lowest BCUT2D eigenvalue weighted by Crippen LogP contribution is -2.43. The number of thiazole rings is 1. The Morgan fingerprint density at radius 1 is 1.31 bits per heavy atom. The van der Waals surface area contributed by atoms with Crippen LogP contribution in [0.15, 0.2) is 17.6 Å². The summed E-state index contributed by atoms with van der Waals surface area (Å²) in [5.74, 6) is -0.839. The molecule has 156 valence electrons. The Morgan fingerprint density at radius 3 is 2.59 bits per heavy atom. The van der Waals surface area contributed by atoms with E-state index in [2.05, 4.69) is 15.3 Å². The molecule has 0 radical (unpaired) electrons. The third-order valence-electron chi connectivity index (χ3n) is 4.50. The summed E-state index contributed by atoms with van der Waals surface area (Å²) in [4.78, 5) is 44.7. The minimum atomic E-state index is -0.544. The molecule has 1 fully saturated rings. The van der Waals surface area contributed by atoms with E-state index in [1.807, 2.05) is 20.8 Å². The van der Waals surface area contributed by atoms with Gasteiger partial charge in [-0.25, -0.2) is 9.78 Å². The number of carbonyl (C=O) groups is 3. The van der Waals surface area contributed by atoms with Gasteiger partial charge in [0.05, 0.1) is 5.69 Å². The van der Waals surface area contributed by atoms with Crippen LogP contribution in [0.4, 0.5) is 9.93 Å². The van der Waals surface area contributed by atoms with Crippen LogP contribution in [0, 0.1) is 5.92 Å². The van der Waals surface area contributed by atoms with Crippen molar-refractivity contribution in [3.05, 3.63) is 23.3 Å². The predicted molar refractivity (Wildman–Crippen MR) is 110 cm³/mol. The summed E-state index contributed by atoms with van der Waals surface area (Å²) >= 11 is 1.31. The van der Waals surface area contributed by atoms with Crippen LogP contribution in [0.25, 0.3) is 11.3 Å². The van der Waals surface area contributed by atoms with Gasteiger partial charge in [-0.05, 0) is 39.7 Å². The number of H-pyrrole nitrogens is 1. The molecule has 1 aliphatic rings. The van der Waals surface area contributed by atoms with Crippen molar-refractivity contribution in [3.8, 4) is 11.3 Å². The minimum absolute atomic E-state index is 0.110. The molecular weight excluding hydrogens is 394 g/mol. The lowest BCUT2D eigenvalue weighted by molar-refractivity contribution is -0.121. The van der Waals surface area contributed by atoms with Crippen LogP contribution in [-0.4, -0.2) is 51.5 Å². The van der Waals surface area contributed by atoms with Crippen LogP contribution >= 0.6 is 11.3 Å². The molecule has 0 aliphatic carbocycles. The summed E-state index contributed by atoms with van der Waals surface area (Å²) in [6.07, 6.45) is 2.45. The molecule has 29 heavy (non-hydrogen) atoms. The number of rotatable bonds is 4. The number of anilines is 1. The van der Waals surface area contributed by atoms with Crippen molar-refractivity contribution in [2.24, 2.45) is 11.7 Å². The highest BCUT2D eigenvalue weighted by Crippen LogP contribution is 2.27. The number of amides is 3. The maximum absolute atomic E-state index is 12.6. The number of ether oxygens (including phenoxy) is 1. The Hall–Kier alpha value is -2.88. The van der Waals surface area contributed by atoms with Crippen LogP contribution in [0.2, 0.25) is 0 Å². The van der Waals surface area contributed by atoms with E-state index in [1.165, 1.54) is 11.3 Å². The Balaban J connectivity index is 1.53. The normalized spacial score (nSPS) is 15.2. The number of nitrogens with two attached hydrogens (primary N) is 1. The van der Waals surface area contributed by atoms with Crippen molar-refractivity contribution in [1.82, 2.24) is 14.9 Å². The standard InChI is InChI=1S/C19H25N5O4S/c1-19(2,3)28-18(27)24-6-4-11(5-7-24)16(26)23-17-22-14(10-29-17)12-8-13(15(20)25)21-9-12/h8-11,21H,4-7H2,1-3H3,(H2,20,25)(H,22,23,26). The lowest BCUT2D eigenvalue weighted by atomic mass is 9.96. The van der Waals surface area contributed by atoms with E-state index >= 15 is 0 Å². The molecule has 3 heterocycles. The molecule has 0 saturated carbocycles. The van der Waals surface area contributed by atoms with E-state index in [0.717, 1.165) is 5.56 Å². The number of nitrogens with one attached hydrogen (secondary N) is 2. The van der Waals surface area contributed by atoms with Crippen LogP contribution in [0.1, 0.15) is 44.1 Å². The third-order valence-corrected chi connectivity index (χ3v) is 5.25. The molecule has 10 heteroatoms. The minimum Gasteiger partial charge on any atom is -0.444 e. The molecule has 2 aromatic heterocycles. The monoisotopic (exact) mass is 419 g/mol. The Kier molecular flexibility index (Phi) is 5.92. The second kappa shape index (κ2) is 8.24. The fourth-order valence-electron chi connectivity index (χ4n) is 3.01. The molecule has 2 aromatic rings. The third kappa shape index (κ3) is 5.35. The van der Waals surface area contributed by atoms with Gasteiger partial charge in [0.25, 0.3) is 5.91 Å². The molecule has 4 N–H and O–H groups in total. The highest BCUT2D eigenvalue weighted by Gasteiger charge is 2.30. The van der Waals surface area contributed by atoms with Gasteiger partial charge in [-0.1, -0.05) is 0 Å². The topological polar surface area (TPSA) is 130 Å². The first-order valence-corrected chi connectivity index (χ1v) is 10.2. The lowest BCUT2D eigenvalue weighted by Gasteiger charge is -2.32. The van der Waals surface area contributed by atoms with E-state index in [-0.39, 0.29) is 17.9 Å². The first-order valence-electron chi connectivity index (χ1n) is 9.35. The summed E-state index contributed by atoms with van der Waals surface area (Å²) in [7, 11) is 0. The van der Waals surface area contributed by atoms with Crippen molar-refractivity contribution < 1.29 is 19.1 Å². The highest BCUT2D eigenvalue weighted by molar-refractivity contribution is 7.14. The zero-order valence-corrected chi connectivity index (χ0v) is 17.5. The van der Waals surface area contributed by atoms with Gasteiger partial charge in [0.15, 0.2) is 5.13 Å². The van der Waals surface area contributed by atoms with Gasteiger partial charge in [-0.15, -0.1) is 11.3 Å². The van der Waals surface area contributed by atoms with Gasteiger partial charge in [0.1, 0.15) is 11.3 Å². The first kappa shape index (κ1) is 20.8. The number of aromatic nitrogens is 2. The molecule has 0 bridgehead atoms. The van der Waals surface area contributed by atoms with Gasteiger partial charge < -0.3 is 25.7 Å². The first-order chi connectivity index (χ1) is 13.6. The number of hydrogen-bond acceptors (Lipinski definition) is 6. The molecule has 0 unspecified atom stereocenters. The van der Waals surface area contributed by atoms with Crippen LogP contribution in [0.5, 0.6) is 0 Å². The van der Waals surface area contributed by atoms with Crippen LogP contribution in [-0.2, 0) is 9.53 Å². The van der Waals surface area contributed by atoms with Gasteiger partial charge in [-0.2, -0.15) is 0 Å². The highest BCUT2D eigenvalue weighted by atomic mass is 32.1. The SMILES string of the molecule is CC(C)(C)OC(=O)N1CCC(C(=O)Nc2nc(-c3c[nH]c(C(N)=O)c3)cs2)CC1. The molecule has 9 nitrogen and oxygen atoms in total. The largest absolute Gasteiger partial charge is 0.444 e. The number of nitrogens with zero attached hydrogens (tertiary/aromatic N) is 2. The van der Waals surface area contributed by atoms with Crippen molar-refractivity contribution >= 4 is 34.4 Å². The average Bonchev–Trinajstić information content (AvgIpc) is 3.29. The van der Waals surface area contributed by atoms with Crippen LogP contribution < -0.4 is 11.1 Å². The zero-order chi connectivity index (χ0) is 21.2. The predicted octanol–water partition coefficient (Wildman–Crippen LogP) is 2.82. The molecule has 3 amide bonds. The number of hydrogen-bond donors (Lipinski definition) is 3. The molecule has 0 atom stereocenters. The maximum Gasteiger partial charge on any atom is 0.410 e. The maximum atomic E-state index is 12.6. The van der Waals surface area contributed by atoms with E-state index < -0.39 is 11.5 Å². The van der Waals surface area contributed by atoms with Crippen molar-refractivity contribution in [2.45, 2.75) is 39.2 Å².